The summed E-state index contributed by atoms with van der Waals surface area (Å²) in [7, 11) is 0. The number of nitrogens with zero attached hydrogens (tertiary/aromatic N) is 1. The minimum atomic E-state index is -0.866. The third-order valence-electron chi connectivity index (χ3n) is 4.80. The molecule has 1 aliphatic heterocycles. The second-order valence-electron chi connectivity index (χ2n) is 6.40. The van der Waals surface area contributed by atoms with Gasteiger partial charge in [-0.3, -0.25) is 4.90 Å². The van der Waals surface area contributed by atoms with Gasteiger partial charge in [0.15, 0.2) is 0 Å². The van der Waals surface area contributed by atoms with Gasteiger partial charge in [0.2, 0.25) is 0 Å². The van der Waals surface area contributed by atoms with Gasteiger partial charge in [0.1, 0.15) is 0 Å². The van der Waals surface area contributed by atoms with Crippen LogP contribution in [0.5, 0.6) is 0 Å². The first-order valence-electron chi connectivity index (χ1n) is 8.24. The van der Waals surface area contributed by atoms with Gasteiger partial charge in [-0.15, -0.1) is 0 Å². The molecule has 2 aromatic rings. The molecule has 0 saturated carbocycles. The number of likely N-dealkylation sites (tertiary alicyclic amines) is 1. The normalized spacial score (nSPS) is 18.2. The minimum absolute atomic E-state index is 0.353. The second kappa shape index (κ2) is 6.97. The zero-order valence-electron chi connectivity index (χ0n) is 13.5. The Morgan fingerprint density at radius 3 is 2.61 bits per heavy atom. The summed E-state index contributed by atoms with van der Waals surface area (Å²) in [5.41, 5.74) is 4.34. The van der Waals surface area contributed by atoms with Crippen LogP contribution in [0.1, 0.15) is 39.9 Å². The highest BCUT2D eigenvalue weighted by Gasteiger charge is 2.25. The average molecular weight is 309 g/mol. The fourth-order valence-electron chi connectivity index (χ4n) is 3.41. The van der Waals surface area contributed by atoms with Crippen molar-refractivity contribution < 1.29 is 9.90 Å². The van der Waals surface area contributed by atoms with Crippen LogP contribution in [0.3, 0.4) is 0 Å². The Balaban J connectivity index is 1.67. The van der Waals surface area contributed by atoms with Crippen LogP contribution >= 0.6 is 0 Å². The van der Waals surface area contributed by atoms with E-state index in [1.54, 1.807) is 12.1 Å². The van der Waals surface area contributed by atoms with Gasteiger partial charge >= 0.3 is 5.97 Å². The summed E-state index contributed by atoms with van der Waals surface area (Å²) in [6, 6.07) is 16.5. The number of hydrogen-bond acceptors (Lipinski definition) is 2. The lowest BCUT2D eigenvalue weighted by atomic mass is 9.99. The molecule has 1 N–H and O–H groups in total. The van der Waals surface area contributed by atoms with Crippen LogP contribution in [0.25, 0.3) is 0 Å². The van der Waals surface area contributed by atoms with Gasteiger partial charge in [0, 0.05) is 12.6 Å². The maximum absolute atomic E-state index is 10.9. The molecule has 3 heteroatoms. The van der Waals surface area contributed by atoms with E-state index >= 15 is 0 Å². The number of aromatic carboxylic acids is 1. The molecule has 1 saturated heterocycles. The van der Waals surface area contributed by atoms with Gasteiger partial charge in [-0.2, -0.15) is 0 Å². The third kappa shape index (κ3) is 3.80. The Morgan fingerprint density at radius 2 is 1.91 bits per heavy atom. The van der Waals surface area contributed by atoms with Gasteiger partial charge in [-0.05, 0) is 61.6 Å². The van der Waals surface area contributed by atoms with E-state index in [2.05, 4.69) is 36.1 Å². The van der Waals surface area contributed by atoms with Gasteiger partial charge in [-0.25, -0.2) is 4.79 Å². The lowest BCUT2D eigenvalue weighted by Gasteiger charge is -2.25. The number of carbonyl (C=O) groups is 1. The van der Waals surface area contributed by atoms with Crippen molar-refractivity contribution in [2.45, 2.75) is 38.8 Å². The van der Waals surface area contributed by atoms with E-state index in [1.807, 2.05) is 12.1 Å². The van der Waals surface area contributed by atoms with Gasteiger partial charge in [0.05, 0.1) is 5.56 Å². The summed E-state index contributed by atoms with van der Waals surface area (Å²) >= 11 is 0. The Labute approximate surface area is 137 Å². The van der Waals surface area contributed by atoms with E-state index in [1.165, 1.54) is 29.5 Å². The number of carboxylic acids is 1. The van der Waals surface area contributed by atoms with Crippen molar-refractivity contribution in [2.75, 3.05) is 6.54 Å². The molecule has 23 heavy (non-hydrogen) atoms. The molecule has 1 atom stereocenters. The predicted octanol–water partition coefficient (Wildman–Crippen LogP) is 3.90. The predicted molar refractivity (Wildman–Crippen MR) is 91.7 cm³/mol. The monoisotopic (exact) mass is 309 g/mol. The fraction of sp³-hybridized carbons (Fsp3) is 0.350. The van der Waals surface area contributed by atoms with E-state index in [0.29, 0.717) is 11.6 Å². The van der Waals surface area contributed by atoms with Crippen LogP contribution < -0.4 is 0 Å². The largest absolute Gasteiger partial charge is 0.478 e. The molecule has 1 aliphatic rings. The van der Waals surface area contributed by atoms with Crippen LogP contribution in [0.2, 0.25) is 0 Å². The quantitative estimate of drug-likeness (QED) is 0.910. The smallest absolute Gasteiger partial charge is 0.335 e. The summed E-state index contributed by atoms with van der Waals surface area (Å²) in [5.74, 6) is -0.866. The van der Waals surface area contributed by atoms with Crippen molar-refractivity contribution in [1.29, 1.82) is 0 Å². The van der Waals surface area contributed by atoms with E-state index in [0.717, 1.165) is 19.5 Å². The van der Waals surface area contributed by atoms with Crippen LogP contribution in [-0.2, 0) is 13.0 Å². The number of rotatable bonds is 5. The molecular weight excluding hydrogens is 286 g/mol. The van der Waals surface area contributed by atoms with E-state index in [4.69, 9.17) is 5.11 Å². The first kappa shape index (κ1) is 15.8. The van der Waals surface area contributed by atoms with E-state index < -0.39 is 5.97 Å². The number of carboxylic acid groups (broad SMARTS) is 1. The SMILES string of the molecule is Cc1ccccc1CC1CCCN1Cc1ccc(C(=O)O)cc1. The topological polar surface area (TPSA) is 40.5 Å². The molecule has 0 radical (unpaired) electrons. The van der Waals surface area contributed by atoms with Gasteiger partial charge in [-0.1, -0.05) is 36.4 Å². The fourth-order valence-corrected chi connectivity index (χ4v) is 3.41. The first-order chi connectivity index (χ1) is 11.1. The van der Waals surface area contributed by atoms with Crippen LogP contribution in [0, 0.1) is 6.92 Å². The van der Waals surface area contributed by atoms with Crippen LogP contribution in [0.4, 0.5) is 0 Å². The molecule has 1 heterocycles. The summed E-state index contributed by atoms with van der Waals surface area (Å²) in [6.07, 6.45) is 3.57. The molecule has 0 bridgehead atoms. The number of aryl methyl sites for hydroxylation is 1. The van der Waals surface area contributed by atoms with Crippen molar-refractivity contribution in [3.05, 3.63) is 70.8 Å². The third-order valence-corrected chi connectivity index (χ3v) is 4.80. The van der Waals surface area contributed by atoms with E-state index in [-0.39, 0.29) is 0 Å². The molecule has 1 fully saturated rings. The Hall–Kier alpha value is -2.13. The van der Waals surface area contributed by atoms with Gasteiger partial charge in [0.25, 0.3) is 0 Å². The molecule has 0 aromatic heterocycles. The minimum Gasteiger partial charge on any atom is -0.478 e. The molecule has 1 unspecified atom stereocenters. The molecule has 3 nitrogen and oxygen atoms in total. The van der Waals surface area contributed by atoms with Crippen molar-refractivity contribution >= 4 is 5.97 Å². The molecule has 2 aromatic carbocycles. The molecular formula is C20H23NO2. The standard InChI is InChI=1S/C20H23NO2/c1-15-5-2-3-6-18(15)13-19-7-4-12-21(19)14-16-8-10-17(11-9-16)20(22)23/h2-3,5-6,8-11,19H,4,7,12-14H2,1H3,(H,22,23). The number of hydrogen-bond donors (Lipinski definition) is 1. The van der Waals surface area contributed by atoms with E-state index in [9.17, 15) is 4.79 Å². The van der Waals surface area contributed by atoms with Crippen molar-refractivity contribution in [3.8, 4) is 0 Å². The Bertz CT molecular complexity index is 678. The zero-order valence-corrected chi connectivity index (χ0v) is 13.5. The Kier molecular flexibility index (Phi) is 4.77. The first-order valence-corrected chi connectivity index (χ1v) is 8.24. The summed E-state index contributed by atoms with van der Waals surface area (Å²) in [6.45, 7) is 4.20. The zero-order chi connectivity index (χ0) is 16.2. The number of benzene rings is 2. The lowest BCUT2D eigenvalue weighted by Crippen LogP contribution is -2.30. The highest BCUT2D eigenvalue weighted by molar-refractivity contribution is 5.87. The maximum atomic E-state index is 10.9. The van der Waals surface area contributed by atoms with Crippen molar-refractivity contribution in [2.24, 2.45) is 0 Å². The van der Waals surface area contributed by atoms with Crippen LogP contribution in [-0.4, -0.2) is 28.6 Å². The van der Waals surface area contributed by atoms with Gasteiger partial charge < -0.3 is 5.11 Å². The Morgan fingerprint density at radius 1 is 1.17 bits per heavy atom. The average Bonchev–Trinajstić information content (AvgIpc) is 2.97. The maximum Gasteiger partial charge on any atom is 0.335 e. The lowest BCUT2D eigenvalue weighted by molar-refractivity contribution is 0.0697. The van der Waals surface area contributed by atoms with Crippen LogP contribution in [0.15, 0.2) is 48.5 Å². The summed E-state index contributed by atoms with van der Waals surface area (Å²) in [5, 5.41) is 8.98. The molecule has 0 aliphatic carbocycles. The molecule has 120 valence electrons. The summed E-state index contributed by atoms with van der Waals surface area (Å²) < 4.78 is 0. The highest BCUT2D eigenvalue weighted by Crippen LogP contribution is 2.24. The second-order valence-corrected chi connectivity index (χ2v) is 6.40. The molecule has 0 spiro atoms. The van der Waals surface area contributed by atoms with Crippen molar-refractivity contribution in [1.82, 2.24) is 4.90 Å². The molecule has 0 amide bonds. The molecule has 3 rings (SSSR count). The summed E-state index contributed by atoms with van der Waals surface area (Å²) in [4.78, 5) is 13.5. The highest BCUT2D eigenvalue weighted by atomic mass is 16.4. The van der Waals surface area contributed by atoms with Crippen molar-refractivity contribution in [3.63, 3.8) is 0 Å².